The molecule has 0 saturated heterocycles. The first kappa shape index (κ1) is 13.1. The van der Waals surface area contributed by atoms with E-state index in [9.17, 15) is 0 Å². The third kappa shape index (κ3) is 2.90. The lowest BCUT2D eigenvalue weighted by molar-refractivity contribution is 0.821. The van der Waals surface area contributed by atoms with E-state index >= 15 is 0 Å². The maximum atomic E-state index is 7.05. The monoisotopic (exact) mass is 258 g/mol. The minimum absolute atomic E-state index is 0.473. The summed E-state index contributed by atoms with van der Waals surface area (Å²) in [7, 11) is 0. The highest BCUT2D eigenvalue weighted by Crippen LogP contribution is 2.13. The van der Waals surface area contributed by atoms with E-state index in [-0.39, 0.29) is 0 Å². The molecule has 100 valence electrons. The lowest BCUT2D eigenvalue weighted by atomic mass is 10.3. The van der Waals surface area contributed by atoms with Crippen LogP contribution in [0.5, 0.6) is 0 Å². The zero-order valence-electron chi connectivity index (χ0n) is 10.9. The van der Waals surface area contributed by atoms with Crippen LogP contribution in [-0.4, -0.2) is 27.4 Å². The Morgan fingerprint density at radius 2 is 2.37 bits per heavy atom. The molecular formula is C13H18N6. The molecule has 0 unspecified atom stereocenters. The summed E-state index contributed by atoms with van der Waals surface area (Å²) >= 11 is 0. The molecule has 0 aliphatic heterocycles. The fourth-order valence-electron chi connectivity index (χ4n) is 1.73. The number of nitrogens with zero attached hydrogens (tertiary/aromatic N) is 3. The maximum Gasteiger partial charge on any atom is 0.154 e. The summed E-state index contributed by atoms with van der Waals surface area (Å²) in [6.45, 7) is 3.04. The SMILES string of the molecule is CCCCNc1ccc2ncc(/C(N)=C/C=N)n2n1. The predicted octanol–water partition coefficient (Wildman–Crippen LogP) is 1.89. The van der Waals surface area contributed by atoms with Gasteiger partial charge in [0.2, 0.25) is 0 Å². The van der Waals surface area contributed by atoms with Crippen molar-refractivity contribution in [1.82, 2.24) is 14.6 Å². The van der Waals surface area contributed by atoms with E-state index in [4.69, 9.17) is 11.1 Å². The van der Waals surface area contributed by atoms with Crippen molar-refractivity contribution >= 4 is 23.4 Å². The van der Waals surface area contributed by atoms with Gasteiger partial charge in [0.25, 0.3) is 0 Å². The summed E-state index contributed by atoms with van der Waals surface area (Å²) in [4.78, 5) is 4.24. The van der Waals surface area contributed by atoms with Crippen LogP contribution in [0.3, 0.4) is 0 Å². The smallest absolute Gasteiger partial charge is 0.154 e. The van der Waals surface area contributed by atoms with E-state index in [1.165, 1.54) is 6.08 Å². The van der Waals surface area contributed by atoms with Gasteiger partial charge in [-0.2, -0.15) is 0 Å². The zero-order valence-corrected chi connectivity index (χ0v) is 10.9. The third-order valence-electron chi connectivity index (χ3n) is 2.76. The standard InChI is InChI=1S/C13H18N6/c1-2-3-8-16-12-4-5-13-17-9-11(19(13)18-12)10(15)6-7-14/h4-7,9,14H,2-3,8,15H2,1H3,(H,16,18)/b10-6-,14-7?. The molecule has 2 rings (SSSR count). The summed E-state index contributed by atoms with van der Waals surface area (Å²) in [5, 5.41) is 14.8. The summed E-state index contributed by atoms with van der Waals surface area (Å²) in [6, 6.07) is 3.79. The molecule has 0 fully saturated rings. The lowest BCUT2D eigenvalue weighted by Crippen LogP contribution is -2.08. The first-order valence-electron chi connectivity index (χ1n) is 6.31. The topological polar surface area (TPSA) is 92.1 Å². The van der Waals surface area contributed by atoms with Gasteiger partial charge < -0.3 is 16.5 Å². The Morgan fingerprint density at radius 3 is 3.11 bits per heavy atom. The molecule has 0 aromatic carbocycles. The number of nitrogens with one attached hydrogen (secondary N) is 2. The molecular weight excluding hydrogens is 240 g/mol. The van der Waals surface area contributed by atoms with Crippen LogP contribution in [0.4, 0.5) is 5.82 Å². The van der Waals surface area contributed by atoms with Gasteiger partial charge in [0.1, 0.15) is 11.5 Å². The van der Waals surface area contributed by atoms with Gasteiger partial charge in [-0.25, -0.2) is 9.50 Å². The number of allylic oxidation sites excluding steroid dienone is 1. The number of anilines is 1. The molecule has 2 heterocycles. The normalized spacial score (nSPS) is 11.7. The van der Waals surface area contributed by atoms with Gasteiger partial charge >= 0.3 is 0 Å². The number of imidazole rings is 1. The number of fused-ring (bicyclic) bond motifs is 1. The highest BCUT2D eigenvalue weighted by molar-refractivity contribution is 5.81. The van der Waals surface area contributed by atoms with Gasteiger partial charge in [-0.05, 0) is 24.6 Å². The third-order valence-corrected chi connectivity index (χ3v) is 2.76. The van der Waals surface area contributed by atoms with Crippen LogP contribution in [-0.2, 0) is 0 Å². The van der Waals surface area contributed by atoms with Gasteiger partial charge in [-0.1, -0.05) is 13.3 Å². The molecule has 0 aliphatic rings. The van der Waals surface area contributed by atoms with Crippen LogP contribution in [0.2, 0.25) is 0 Å². The van der Waals surface area contributed by atoms with Crippen molar-refractivity contribution < 1.29 is 0 Å². The minimum atomic E-state index is 0.473. The summed E-state index contributed by atoms with van der Waals surface area (Å²) in [5.74, 6) is 0.794. The van der Waals surface area contributed by atoms with E-state index in [0.717, 1.165) is 37.1 Å². The van der Waals surface area contributed by atoms with Crippen LogP contribution in [0.15, 0.2) is 24.4 Å². The van der Waals surface area contributed by atoms with Crippen molar-refractivity contribution in [3.63, 3.8) is 0 Å². The molecule has 19 heavy (non-hydrogen) atoms. The Bertz CT molecular complexity index is 598. The Morgan fingerprint density at radius 1 is 1.53 bits per heavy atom. The number of rotatable bonds is 6. The highest BCUT2D eigenvalue weighted by atomic mass is 15.3. The molecule has 0 atom stereocenters. The molecule has 2 aromatic heterocycles. The largest absolute Gasteiger partial charge is 0.397 e. The molecule has 0 spiro atoms. The molecule has 0 saturated carbocycles. The fraction of sp³-hybridized carbons (Fsp3) is 0.308. The van der Waals surface area contributed by atoms with Gasteiger partial charge in [0.15, 0.2) is 5.65 Å². The summed E-state index contributed by atoms with van der Waals surface area (Å²) in [5.41, 5.74) is 7.78. The molecule has 4 N–H and O–H groups in total. The van der Waals surface area contributed by atoms with E-state index in [1.807, 2.05) is 12.1 Å². The second kappa shape index (κ2) is 5.99. The van der Waals surface area contributed by atoms with E-state index in [2.05, 4.69) is 22.3 Å². The molecule has 2 aromatic rings. The number of hydrogen-bond acceptors (Lipinski definition) is 5. The van der Waals surface area contributed by atoms with Crippen LogP contribution >= 0.6 is 0 Å². The van der Waals surface area contributed by atoms with Crippen molar-refractivity contribution in [2.45, 2.75) is 19.8 Å². The molecule has 6 nitrogen and oxygen atoms in total. The van der Waals surface area contributed by atoms with Gasteiger partial charge in [-0.15, -0.1) is 5.10 Å². The quantitative estimate of drug-likeness (QED) is 0.545. The Hall–Kier alpha value is -2.37. The van der Waals surface area contributed by atoms with Gasteiger partial charge in [0.05, 0.1) is 11.9 Å². The van der Waals surface area contributed by atoms with Gasteiger partial charge in [0, 0.05) is 12.8 Å². The van der Waals surface area contributed by atoms with Crippen molar-refractivity contribution in [2.75, 3.05) is 11.9 Å². The van der Waals surface area contributed by atoms with Crippen LogP contribution in [0.25, 0.3) is 11.3 Å². The Kier molecular flexibility index (Phi) is 4.12. The van der Waals surface area contributed by atoms with E-state index < -0.39 is 0 Å². The average molecular weight is 258 g/mol. The van der Waals surface area contributed by atoms with Crippen molar-refractivity contribution in [3.8, 4) is 0 Å². The number of hydrogen-bond donors (Lipinski definition) is 3. The minimum Gasteiger partial charge on any atom is -0.397 e. The predicted molar refractivity (Wildman–Crippen MR) is 77.3 cm³/mol. The lowest BCUT2D eigenvalue weighted by Gasteiger charge is -2.06. The average Bonchev–Trinajstić information content (AvgIpc) is 2.82. The second-order valence-corrected chi connectivity index (χ2v) is 4.20. The van der Waals surface area contributed by atoms with Gasteiger partial charge in [-0.3, -0.25) is 0 Å². The summed E-state index contributed by atoms with van der Waals surface area (Å²) < 4.78 is 1.68. The molecule has 0 radical (unpaired) electrons. The number of nitrogens with two attached hydrogens (primary N) is 1. The van der Waals surface area contributed by atoms with Crippen LogP contribution in [0.1, 0.15) is 25.5 Å². The first-order chi connectivity index (χ1) is 9.26. The number of aromatic nitrogens is 3. The van der Waals surface area contributed by atoms with Crippen LogP contribution < -0.4 is 11.1 Å². The van der Waals surface area contributed by atoms with Crippen molar-refractivity contribution in [1.29, 1.82) is 5.41 Å². The Labute approximate surface area is 111 Å². The van der Waals surface area contributed by atoms with Crippen molar-refractivity contribution in [2.24, 2.45) is 5.73 Å². The molecule has 0 amide bonds. The molecule has 0 aliphatic carbocycles. The zero-order chi connectivity index (χ0) is 13.7. The number of unbranched alkanes of at least 4 members (excludes halogenated alkanes) is 1. The van der Waals surface area contributed by atoms with E-state index in [0.29, 0.717) is 11.4 Å². The van der Waals surface area contributed by atoms with E-state index in [1.54, 1.807) is 10.7 Å². The van der Waals surface area contributed by atoms with Crippen molar-refractivity contribution in [3.05, 3.63) is 30.1 Å². The fourth-order valence-corrected chi connectivity index (χ4v) is 1.73. The highest BCUT2D eigenvalue weighted by Gasteiger charge is 2.07. The Balaban J connectivity index is 2.32. The molecule has 6 heteroatoms. The summed E-state index contributed by atoms with van der Waals surface area (Å²) in [6.07, 6.45) is 6.57. The first-order valence-corrected chi connectivity index (χ1v) is 6.31. The second-order valence-electron chi connectivity index (χ2n) is 4.20. The molecule has 0 bridgehead atoms. The maximum absolute atomic E-state index is 7.05. The van der Waals surface area contributed by atoms with Crippen LogP contribution in [0, 0.1) is 5.41 Å².